The van der Waals surface area contributed by atoms with Crippen molar-refractivity contribution in [2.45, 2.75) is 39.0 Å². The fourth-order valence-corrected chi connectivity index (χ4v) is 2.48. The molecule has 1 amide bonds. The van der Waals surface area contributed by atoms with Crippen molar-refractivity contribution < 1.29 is 32.3 Å². The van der Waals surface area contributed by atoms with Gasteiger partial charge in [-0.05, 0) is 26.0 Å². The van der Waals surface area contributed by atoms with Crippen molar-refractivity contribution in [1.29, 1.82) is 0 Å². The quantitative estimate of drug-likeness (QED) is 0.540. The number of hydrogen-bond acceptors (Lipinski definition) is 4. The van der Waals surface area contributed by atoms with Crippen molar-refractivity contribution in [1.82, 2.24) is 0 Å². The molecule has 1 N–H and O–H groups in total. The number of ether oxygens (including phenoxy) is 1. The number of carbonyl (C=O) groups excluding carboxylic acids is 3. The van der Waals surface area contributed by atoms with E-state index in [2.05, 4.69) is 5.32 Å². The summed E-state index contributed by atoms with van der Waals surface area (Å²) >= 11 is 0. The molecule has 0 aliphatic rings. The van der Waals surface area contributed by atoms with Crippen molar-refractivity contribution in [3.05, 3.63) is 65.2 Å². The third-order valence-electron chi connectivity index (χ3n) is 4.10. The SMILES string of the molecule is Cc1ccc(C(=O)CCC(=O)O[C@@H](C)C(=O)Nc2ccccc2C(F)(F)F)cc1. The summed E-state index contributed by atoms with van der Waals surface area (Å²) in [7, 11) is 0. The van der Waals surface area contributed by atoms with Crippen LogP contribution in [0, 0.1) is 6.92 Å². The first-order valence-electron chi connectivity index (χ1n) is 8.84. The maximum atomic E-state index is 13.0. The first kappa shape index (κ1) is 22.1. The van der Waals surface area contributed by atoms with Crippen LogP contribution in [0.5, 0.6) is 0 Å². The van der Waals surface area contributed by atoms with Crippen LogP contribution in [0.25, 0.3) is 0 Å². The van der Waals surface area contributed by atoms with Gasteiger partial charge in [0, 0.05) is 12.0 Å². The van der Waals surface area contributed by atoms with Crippen LogP contribution in [0.3, 0.4) is 0 Å². The highest BCUT2D eigenvalue weighted by molar-refractivity contribution is 5.98. The van der Waals surface area contributed by atoms with E-state index in [-0.39, 0.29) is 18.6 Å². The molecule has 0 aliphatic carbocycles. The summed E-state index contributed by atoms with van der Waals surface area (Å²) in [6.45, 7) is 3.12. The van der Waals surface area contributed by atoms with Gasteiger partial charge in [-0.25, -0.2) is 0 Å². The second-order valence-corrected chi connectivity index (χ2v) is 6.45. The van der Waals surface area contributed by atoms with E-state index in [9.17, 15) is 27.6 Å². The molecule has 1 atom stereocenters. The van der Waals surface area contributed by atoms with E-state index in [4.69, 9.17) is 4.74 Å². The first-order valence-corrected chi connectivity index (χ1v) is 8.84. The number of Topliss-reactive ketones (excluding diaryl/α,β-unsaturated/α-hetero) is 1. The third-order valence-corrected chi connectivity index (χ3v) is 4.10. The van der Waals surface area contributed by atoms with Crippen molar-refractivity contribution >= 4 is 23.3 Å². The Morgan fingerprint density at radius 1 is 1.00 bits per heavy atom. The minimum absolute atomic E-state index is 0.104. The van der Waals surface area contributed by atoms with Crippen molar-refractivity contribution in [3.63, 3.8) is 0 Å². The Hall–Kier alpha value is -3.16. The molecule has 0 aliphatic heterocycles. The molecule has 0 heterocycles. The molecule has 2 aromatic rings. The summed E-state index contributed by atoms with van der Waals surface area (Å²) in [5, 5.41) is 2.12. The van der Waals surface area contributed by atoms with Gasteiger partial charge >= 0.3 is 12.1 Å². The Morgan fingerprint density at radius 3 is 2.24 bits per heavy atom. The Morgan fingerprint density at radius 2 is 1.62 bits per heavy atom. The lowest BCUT2D eigenvalue weighted by Gasteiger charge is -2.16. The maximum absolute atomic E-state index is 13.0. The van der Waals surface area contributed by atoms with Crippen LogP contribution < -0.4 is 5.32 Å². The number of hydrogen-bond donors (Lipinski definition) is 1. The van der Waals surface area contributed by atoms with Gasteiger partial charge in [-0.2, -0.15) is 13.2 Å². The second-order valence-electron chi connectivity index (χ2n) is 6.45. The average molecular weight is 407 g/mol. The van der Waals surface area contributed by atoms with Crippen molar-refractivity contribution in [3.8, 4) is 0 Å². The van der Waals surface area contributed by atoms with Gasteiger partial charge in [-0.15, -0.1) is 0 Å². The number of benzene rings is 2. The molecule has 0 fully saturated rings. The number of rotatable bonds is 7. The Balaban J connectivity index is 1.89. The molecule has 0 saturated heterocycles. The van der Waals surface area contributed by atoms with E-state index in [1.165, 1.54) is 19.1 Å². The highest BCUT2D eigenvalue weighted by atomic mass is 19.4. The van der Waals surface area contributed by atoms with Gasteiger partial charge in [-0.1, -0.05) is 42.0 Å². The first-order chi connectivity index (χ1) is 13.6. The van der Waals surface area contributed by atoms with Crippen LogP contribution >= 0.6 is 0 Å². The van der Waals surface area contributed by atoms with E-state index < -0.39 is 35.4 Å². The highest BCUT2D eigenvalue weighted by Crippen LogP contribution is 2.34. The number of alkyl halides is 3. The summed E-state index contributed by atoms with van der Waals surface area (Å²) in [6.07, 6.45) is -6.31. The van der Waals surface area contributed by atoms with Crippen molar-refractivity contribution in [2.24, 2.45) is 0 Å². The molecule has 2 aromatic carbocycles. The second kappa shape index (κ2) is 9.36. The van der Waals surface area contributed by atoms with E-state index in [1.807, 2.05) is 6.92 Å². The fraction of sp³-hybridized carbons (Fsp3) is 0.286. The lowest BCUT2D eigenvalue weighted by Crippen LogP contribution is -2.30. The zero-order valence-corrected chi connectivity index (χ0v) is 15.9. The minimum Gasteiger partial charge on any atom is -0.453 e. The summed E-state index contributed by atoms with van der Waals surface area (Å²) in [5.41, 5.74) is 0.0175. The number of amides is 1. The third kappa shape index (κ3) is 6.44. The number of carbonyl (C=O) groups is 3. The molecule has 8 heteroatoms. The van der Waals surface area contributed by atoms with Crippen molar-refractivity contribution in [2.75, 3.05) is 5.32 Å². The van der Waals surface area contributed by atoms with Crippen LogP contribution in [0.1, 0.15) is 41.3 Å². The van der Waals surface area contributed by atoms with Gasteiger partial charge < -0.3 is 10.1 Å². The number of ketones is 1. The average Bonchev–Trinajstić information content (AvgIpc) is 2.66. The van der Waals surface area contributed by atoms with Gasteiger partial charge in [0.25, 0.3) is 5.91 Å². The molecular weight excluding hydrogens is 387 g/mol. The summed E-state index contributed by atoms with van der Waals surface area (Å²) in [6, 6.07) is 11.3. The molecule has 5 nitrogen and oxygen atoms in total. The normalized spacial score (nSPS) is 12.2. The minimum atomic E-state index is -4.64. The zero-order valence-electron chi connectivity index (χ0n) is 15.9. The Bertz CT molecular complexity index is 892. The number of para-hydroxylation sites is 1. The van der Waals surface area contributed by atoms with Gasteiger partial charge in [0.2, 0.25) is 0 Å². The van der Waals surface area contributed by atoms with Crippen LogP contribution in [0.15, 0.2) is 48.5 Å². The van der Waals surface area contributed by atoms with E-state index in [0.717, 1.165) is 17.7 Å². The smallest absolute Gasteiger partial charge is 0.418 e. The molecule has 0 saturated carbocycles. The van der Waals surface area contributed by atoms with Gasteiger partial charge in [0.05, 0.1) is 17.7 Å². The monoisotopic (exact) mass is 407 g/mol. The topological polar surface area (TPSA) is 72.5 Å². The Kier molecular flexibility index (Phi) is 7.14. The number of esters is 1. The number of aryl methyl sites for hydroxylation is 1. The molecule has 0 bridgehead atoms. The van der Waals surface area contributed by atoms with E-state index >= 15 is 0 Å². The molecule has 0 unspecified atom stereocenters. The largest absolute Gasteiger partial charge is 0.453 e. The summed E-state index contributed by atoms with van der Waals surface area (Å²) in [5.74, 6) is -1.95. The Labute approximate surface area is 165 Å². The van der Waals surface area contributed by atoms with Gasteiger partial charge in [-0.3, -0.25) is 14.4 Å². The van der Waals surface area contributed by atoms with Crippen LogP contribution in [0.2, 0.25) is 0 Å². The lowest BCUT2D eigenvalue weighted by molar-refractivity contribution is -0.153. The molecule has 0 spiro atoms. The van der Waals surface area contributed by atoms with Gasteiger partial charge in [0.1, 0.15) is 0 Å². The zero-order chi connectivity index (χ0) is 21.6. The molecule has 2 rings (SSSR count). The van der Waals surface area contributed by atoms with E-state index in [1.54, 1.807) is 24.3 Å². The number of anilines is 1. The van der Waals surface area contributed by atoms with Gasteiger partial charge in [0.15, 0.2) is 11.9 Å². The standard InChI is InChI=1S/C21H20F3NO4/c1-13-7-9-15(10-8-13)18(26)11-12-19(27)29-14(2)20(28)25-17-6-4-3-5-16(17)21(22,23)24/h3-10,14H,11-12H2,1-2H3,(H,25,28)/t14-/m0/s1. The van der Waals surface area contributed by atoms with E-state index in [0.29, 0.717) is 5.56 Å². The maximum Gasteiger partial charge on any atom is 0.418 e. The molecule has 0 radical (unpaired) electrons. The number of halogens is 3. The number of nitrogens with one attached hydrogen (secondary N) is 1. The fourth-order valence-electron chi connectivity index (χ4n) is 2.48. The van der Waals surface area contributed by atoms with Crippen LogP contribution in [-0.2, 0) is 20.5 Å². The molecule has 154 valence electrons. The lowest BCUT2D eigenvalue weighted by atomic mass is 10.1. The highest BCUT2D eigenvalue weighted by Gasteiger charge is 2.34. The summed E-state index contributed by atoms with van der Waals surface area (Å²) in [4.78, 5) is 36.0. The van der Waals surface area contributed by atoms with Crippen LogP contribution in [-0.4, -0.2) is 23.8 Å². The molecule has 0 aromatic heterocycles. The molecular formula is C21H20F3NO4. The van der Waals surface area contributed by atoms with Crippen LogP contribution in [0.4, 0.5) is 18.9 Å². The predicted octanol–water partition coefficient (Wildman–Crippen LogP) is 4.55. The summed E-state index contributed by atoms with van der Waals surface area (Å²) < 4.78 is 43.9. The predicted molar refractivity (Wildman–Crippen MR) is 100 cm³/mol. The molecule has 29 heavy (non-hydrogen) atoms.